The number of pyridine rings is 1. The van der Waals surface area contributed by atoms with Crippen LogP contribution in [0.4, 0.5) is 5.69 Å². The van der Waals surface area contributed by atoms with Crippen molar-refractivity contribution in [3.05, 3.63) is 137 Å². The van der Waals surface area contributed by atoms with Crippen LogP contribution in [0.1, 0.15) is 29.0 Å². The van der Waals surface area contributed by atoms with E-state index in [1.165, 1.54) is 0 Å². The van der Waals surface area contributed by atoms with Crippen molar-refractivity contribution in [2.24, 2.45) is 0 Å². The van der Waals surface area contributed by atoms with Crippen LogP contribution in [-0.4, -0.2) is 14.7 Å². The van der Waals surface area contributed by atoms with Crippen molar-refractivity contribution in [1.29, 1.82) is 0 Å². The molecule has 5 aromatic rings. The summed E-state index contributed by atoms with van der Waals surface area (Å²) in [6.45, 7) is 2.04. The summed E-state index contributed by atoms with van der Waals surface area (Å²) in [7, 11) is 0. The van der Waals surface area contributed by atoms with Crippen LogP contribution in [0.15, 0.2) is 120 Å². The van der Waals surface area contributed by atoms with Crippen molar-refractivity contribution < 1.29 is 4.74 Å². The highest BCUT2D eigenvalue weighted by atomic mass is 79.9. The molecule has 3 heterocycles. The summed E-state index contributed by atoms with van der Waals surface area (Å²) in [5, 5.41) is 4.20. The molecule has 7 heteroatoms. The molecule has 2 atom stereocenters. The Hall–Kier alpha value is -3.94. The van der Waals surface area contributed by atoms with Gasteiger partial charge in [-0.05, 0) is 104 Å². The first-order valence-electron chi connectivity index (χ1n) is 12.4. The molecule has 188 valence electrons. The molecule has 1 aliphatic rings. The Morgan fingerprint density at radius 1 is 0.842 bits per heavy atom. The summed E-state index contributed by atoms with van der Waals surface area (Å²) in [6.07, 6.45) is 3.91. The third-order valence-electron chi connectivity index (χ3n) is 6.72. The lowest BCUT2D eigenvalue weighted by Gasteiger charge is -2.29. The number of aryl methyl sites for hydroxylation is 1. The summed E-state index contributed by atoms with van der Waals surface area (Å²) in [5.74, 6) is 1.62. The average molecular weight is 582 g/mol. The van der Waals surface area contributed by atoms with E-state index < -0.39 is 0 Å². The number of nitrogens with one attached hydrogen (secondary N) is 1. The molecule has 5 nitrogen and oxygen atoms in total. The molecule has 0 saturated carbocycles. The second kappa shape index (κ2) is 10.4. The van der Waals surface area contributed by atoms with E-state index in [-0.39, 0.29) is 12.1 Å². The van der Waals surface area contributed by atoms with Gasteiger partial charge < -0.3 is 19.5 Å². The first kappa shape index (κ1) is 24.4. The minimum absolute atomic E-state index is 0.126. The summed E-state index contributed by atoms with van der Waals surface area (Å²) in [5.41, 5.74) is 5.19. The maximum absolute atomic E-state index is 6.14. The van der Waals surface area contributed by atoms with Gasteiger partial charge in [-0.25, -0.2) is 0 Å². The second-order valence-corrected chi connectivity index (χ2v) is 10.4. The highest BCUT2D eigenvalue weighted by Crippen LogP contribution is 2.42. The smallest absolute Gasteiger partial charge is 0.174 e. The van der Waals surface area contributed by atoms with Crippen molar-refractivity contribution in [3.8, 4) is 17.2 Å². The van der Waals surface area contributed by atoms with E-state index in [2.05, 4.69) is 90.4 Å². The molecule has 0 spiro atoms. The number of para-hydroxylation sites is 1. The molecule has 1 saturated heterocycles. The summed E-state index contributed by atoms with van der Waals surface area (Å²) in [4.78, 5) is 6.86. The van der Waals surface area contributed by atoms with Gasteiger partial charge in [0.15, 0.2) is 5.11 Å². The van der Waals surface area contributed by atoms with E-state index in [0.29, 0.717) is 5.11 Å². The third-order valence-corrected chi connectivity index (χ3v) is 7.57. The molecule has 1 fully saturated rings. The van der Waals surface area contributed by atoms with E-state index in [0.717, 1.165) is 44.3 Å². The van der Waals surface area contributed by atoms with Crippen molar-refractivity contribution in [2.75, 3.05) is 4.90 Å². The Kier molecular flexibility index (Phi) is 6.70. The fourth-order valence-corrected chi connectivity index (χ4v) is 5.49. The molecular formula is C31H25BrN4OS. The van der Waals surface area contributed by atoms with Gasteiger partial charge in [0.05, 0.1) is 11.7 Å². The lowest BCUT2D eigenvalue weighted by molar-refractivity contribution is 0.479. The fraction of sp³-hybridized carbons (Fsp3) is 0.0968. The lowest BCUT2D eigenvalue weighted by atomic mass is 10.0. The number of hydrogen-bond donors (Lipinski definition) is 1. The number of aromatic nitrogens is 2. The molecule has 38 heavy (non-hydrogen) atoms. The van der Waals surface area contributed by atoms with Gasteiger partial charge in [-0.15, -0.1) is 0 Å². The van der Waals surface area contributed by atoms with Gasteiger partial charge in [-0.1, -0.05) is 40.2 Å². The van der Waals surface area contributed by atoms with Gasteiger partial charge in [0.25, 0.3) is 0 Å². The number of benzene rings is 3. The van der Waals surface area contributed by atoms with Gasteiger partial charge in [0.1, 0.15) is 17.5 Å². The number of hydrogen-bond acceptors (Lipinski definition) is 3. The minimum atomic E-state index is -0.129. The summed E-state index contributed by atoms with van der Waals surface area (Å²) < 4.78 is 9.40. The van der Waals surface area contributed by atoms with E-state index in [9.17, 15) is 0 Å². The maximum atomic E-state index is 6.14. The van der Waals surface area contributed by atoms with Gasteiger partial charge in [-0.2, -0.15) is 0 Å². The zero-order valence-corrected chi connectivity index (χ0v) is 23.1. The molecular weight excluding hydrogens is 556 g/mol. The summed E-state index contributed by atoms with van der Waals surface area (Å²) >= 11 is 9.47. The van der Waals surface area contributed by atoms with Crippen LogP contribution in [0.25, 0.3) is 5.69 Å². The third kappa shape index (κ3) is 4.71. The van der Waals surface area contributed by atoms with Crippen LogP contribution >= 0.6 is 28.1 Å². The number of thiocarbonyl (C=S) groups is 1. The molecule has 3 aromatic carbocycles. The average Bonchev–Trinajstić information content (AvgIpc) is 3.56. The van der Waals surface area contributed by atoms with Crippen LogP contribution in [0.5, 0.6) is 11.5 Å². The predicted octanol–water partition coefficient (Wildman–Crippen LogP) is 7.91. The Morgan fingerprint density at radius 2 is 1.58 bits per heavy atom. The Bertz CT molecular complexity index is 1570. The Balaban J connectivity index is 1.40. The van der Waals surface area contributed by atoms with Crippen LogP contribution in [0.3, 0.4) is 0 Å². The summed E-state index contributed by atoms with van der Waals surface area (Å²) in [6, 6.07) is 34.4. The zero-order chi connectivity index (χ0) is 26.1. The second-order valence-electron chi connectivity index (χ2n) is 9.14. The van der Waals surface area contributed by atoms with Crippen LogP contribution in [0.2, 0.25) is 0 Å². The number of nitrogens with zero attached hydrogens (tertiary/aromatic N) is 3. The predicted molar refractivity (Wildman–Crippen MR) is 159 cm³/mol. The molecule has 6 rings (SSSR count). The molecule has 0 aliphatic carbocycles. The van der Waals surface area contributed by atoms with Gasteiger partial charge in [0, 0.05) is 33.9 Å². The van der Waals surface area contributed by atoms with Crippen molar-refractivity contribution in [3.63, 3.8) is 0 Å². The first-order valence-corrected chi connectivity index (χ1v) is 13.6. The standard InChI is InChI=1S/C31H25BrN4OS/c1-21-7-2-3-10-28(21)37-25-17-15-24(16-18-25)36-30(29(34-31(36)38)26-8-4-5-19-33-26)27-9-6-20-35(27)23-13-11-22(32)12-14-23/h2-20,29-30H,1H3,(H,34,38)/t29-,30+/m0/s1. The highest BCUT2D eigenvalue weighted by Gasteiger charge is 2.42. The molecule has 0 unspecified atom stereocenters. The number of ether oxygens (including phenoxy) is 1. The van der Waals surface area contributed by atoms with Crippen molar-refractivity contribution in [1.82, 2.24) is 14.9 Å². The Labute approximate surface area is 235 Å². The lowest BCUT2D eigenvalue weighted by Crippen LogP contribution is -2.30. The van der Waals surface area contributed by atoms with Gasteiger partial charge in [-0.3, -0.25) is 4.98 Å². The molecule has 0 radical (unpaired) electrons. The fourth-order valence-electron chi connectivity index (χ4n) is 4.88. The minimum Gasteiger partial charge on any atom is -0.457 e. The molecule has 1 aliphatic heterocycles. The number of halogens is 1. The molecule has 1 N–H and O–H groups in total. The number of rotatable bonds is 6. The van der Waals surface area contributed by atoms with Gasteiger partial charge in [0.2, 0.25) is 0 Å². The monoisotopic (exact) mass is 580 g/mol. The SMILES string of the molecule is Cc1ccccc1Oc1ccc(N2C(=S)N[C@@H](c3ccccn3)[C@H]2c2cccn2-c2ccc(Br)cc2)cc1. The Morgan fingerprint density at radius 3 is 2.32 bits per heavy atom. The quantitative estimate of drug-likeness (QED) is 0.207. The normalized spacial score (nSPS) is 16.9. The van der Waals surface area contributed by atoms with Crippen molar-refractivity contribution >= 4 is 38.9 Å². The van der Waals surface area contributed by atoms with E-state index in [1.54, 1.807) is 0 Å². The highest BCUT2D eigenvalue weighted by molar-refractivity contribution is 9.10. The molecule has 2 aromatic heterocycles. The largest absolute Gasteiger partial charge is 0.457 e. The van der Waals surface area contributed by atoms with E-state index in [4.69, 9.17) is 17.0 Å². The van der Waals surface area contributed by atoms with Crippen molar-refractivity contribution in [2.45, 2.75) is 19.0 Å². The van der Waals surface area contributed by atoms with E-state index >= 15 is 0 Å². The maximum Gasteiger partial charge on any atom is 0.174 e. The topological polar surface area (TPSA) is 42.3 Å². The molecule has 0 bridgehead atoms. The van der Waals surface area contributed by atoms with Crippen LogP contribution in [0, 0.1) is 6.92 Å². The zero-order valence-electron chi connectivity index (χ0n) is 20.7. The van der Waals surface area contributed by atoms with E-state index in [1.807, 2.05) is 67.7 Å². The number of anilines is 1. The molecule has 0 amide bonds. The van der Waals surface area contributed by atoms with Gasteiger partial charge >= 0.3 is 0 Å². The van der Waals surface area contributed by atoms with Crippen LogP contribution < -0.4 is 15.0 Å². The first-order chi connectivity index (χ1) is 18.6. The van der Waals surface area contributed by atoms with Crippen LogP contribution in [-0.2, 0) is 0 Å².